The lowest BCUT2D eigenvalue weighted by Gasteiger charge is -2.04. The molecule has 2 N–H and O–H groups in total. The molecule has 1 aromatic carbocycles. The second kappa shape index (κ2) is 4.23. The van der Waals surface area contributed by atoms with Crippen molar-refractivity contribution >= 4 is 29.2 Å². The minimum absolute atomic E-state index is 0.0548. The third kappa shape index (κ3) is 2.23. The average Bonchev–Trinajstić information content (AvgIpc) is 2.15. The molecule has 0 saturated carbocycles. The minimum atomic E-state index is 0.0548. The quantitative estimate of drug-likeness (QED) is 0.850. The van der Waals surface area contributed by atoms with Crippen LogP contribution in [0.4, 0.5) is 5.95 Å². The normalized spacial score (nSPS) is 10.4. The van der Waals surface area contributed by atoms with E-state index in [2.05, 4.69) is 15.0 Å². The maximum absolute atomic E-state index is 6.08. The van der Waals surface area contributed by atoms with Crippen molar-refractivity contribution < 1.29 is 0 Å². The van der Waals surface area contributed by atoms with Crippen molar-refractivity contribution in [3.63, 3.8) is 0 Å². The highest BCUT2D eigenvalue weighted by Crippen LogP contribution is 2.26. The Morgan fingerprint density at radius 2 is 1.88 bits per heavy atom. The monoisotopic (exact) mass is 254 g/mol. The van der Waals surface area contributed by atoms with Crippen molar-refractivity contribution in [1.29, 1.82) is 0 Å². The lowest BCUT2D eigenvalue weighted by molar-refractivity contribution is 1.07. The molecule has 0 fully saturated rings. The Balaban J connectivity index is 2.58. The van der Waals surface area contributed by atoms with Gasteiger partial charge in [0.2, 0.25) is 11.2 Å². The molecule has 0 aliphatic carbocycles. The van der Waals surface area contributed by atoms with E-state index in [0.717, 1.165) is 5.56 Å². The van der Waals surface area contributed by atoms with Gasteiger partial charge in [0.1, 0.15) is 0 Å². The molecule has 0 bridgehead atoms. The van der Waals surface area contributed by atoms with E-state index in [0.29, 0.717) is 16.4 Å². The molecule has 2 aromatic rings. The standard InChI is InChI=1S/C10H8Cl2N4/c1-5-2-3-6(7(11)4-5)8-14-9(12)16-10(13)15-8/h2-4H,1H3,(H2,13,14,15,16). The summed E-state index contributed by atoms with van der Waals surface area (Å²) >= 11 is 11.8. The number of hydrogen-bond donors (Lipinski definition) is 1. The maximum Gasteiger partial charge on any atom is 0.227 e. The fourth-order valence-electron chi connectivity index (χ4n) is 1.29. The molecular weight excluding hydrogens is 247 g/mol. The van der Waals surface area contributed by atoms with Crippen LogP contribution in [0.25, 0.3) is 11.4 Å². The number of halogens is 2. The van der Waals surface area contributed by atoms with Gasteiger partial charge in [-0.05, 0) is 36.2 Å². The van der Waals surface area contributed by atoms with Crippen LogP contribution in [-0.2, 0) is 0 Å². The van der Waals surface area contributed by atoms with E-state index in [4.69, 9.17) is 28.9 Å². The second-order valence-corrected chi connectivity index (χ2v) is 4.01. The highest BCUT2D eigenvalue weighted by molar-refractivity contribution is 6.33. The molecule has 0 saturated heterocycles. The van der Waals surface area contributed by atoms with Crippen LogP contribution >= 0.6 is 23.2 Å². The Bertz CT molecular complexity index is 522. The summed E-state index contributed by atoms with van der Waals surface area (Å²) in [7, 11) is 0. The number of nitrogen functional groups attached to an aromatic ring is 1. The highest BCUT2D eigenvalue weighted by Gasteiger charge is 2.09. The number of nitrogens with zero attached hydrogens (tertiary/aromatic N) is 3. The van der Waals surface area contributed by atoms with Gasteiger partial charge in [-0.2, -0.15) is 15.0 Å². The van der Waals surface area contributed by atoms with Crippen LogP contribution in [0.5, 0.6) is 0 Å². The predicted molar refractivity (Wildman–Crippen MR) is 64.4 cm³/mol. The van der Waals surface area contributed by atoms with Gasteiger partial charge >= 0.3 is 0 Å². The number of rotatable bonds is 1. The number of anilines is 1. The number of aryl methyl sites for hydroxylation is 1. The van der Waals surface area contributed by atoms with E-state index in [1.165, 1.54) is 0 Å². The number of hydrogen-bond acceptors (Lipinski definition) is 4. The molecule has 2 rings (SSSR count). The van der Waals surface area contributed by atoms with Gasteiger partial charge in [0.15, 0.2) is 5.82 Å². The summed E-state index contributed by atoms with van der Waals surface area (Å²) in [5.74, 6) is 0.453. The third-order valence-electron chi connectivity index (χ3n) is 1.99. The summed E-state index contributed by atoms with van der Waals surface area (Å²) in [4.78, 5) is 11.6. The highest BCUT2D eigenvalue weighted by atomic mass is 35.5. The molecule has 0 amide bonds. The molecule has 0 unspecified atom stereocenters. The van der Waals surface area contributed by atoms with Crippen LogP contribution in [0.2, 0.25) is 10.3 Å². The van der Waals surface area contributed by atoms with E-state index < -0.39 is 0 Å². The molecule has 6 heteroatoms. The van der Waals surface area contributed by atoms with E-state index in [9.17, 15) is 0 Å². The molecule has 1 aromatic heterocycles. The molecule has 0 atom stereocenters. The van der Waals surface area contributed by atoms with Crippen molar-refractivity contribution in [2.75, 3.05) is 5.73 Å². The summed E-state index contributed by atoms with van der Waals surface area (Å²) in [5.41, 5.74) is 7.23. The van der Waals surface area contributed by atoms with Crippen molar-refractivity contribution in [2.24, 2.45) is 0 Å². The molecule has 1 heterocycles. The molecular formula is C10H8Cl2N4. The van der Waals surface area contributed by atoms with Crippen LogP contribution < -0.4 is 5.73 Å². The predicted octanol–water partition coefficient (Wildman–Crippen LogP) is 2.74. The van der Waals surface area contributed by atoms with Crippen LogP contribution in [0.15, 0.2) is 18.2 Å². The molecule has 0 spiro atoms. The van der Waals surface area contributed by atoms with Crippen molar-refractivity contribution in [2.45, 2.75) is 6.92 Å². The van der Waals surface area contributed by atoms with Crippen LogP contribution in [-0.4, -0.2) is 15.0 Å². The Hall–Kier alpha value is -1.39. The molecule has 0 aliphatic heterocycles. The second-order valence-electron chi connectivity index (χ2n) is 3.27. The Labute approximate surface area is 102 Å². The first-order valence-corrected chi connectivity index (χ1v) is 5.25. The lowest BCUT2D eigenvalue weighted by atomic mass is 10.1. The van der Waals surface area contributed by atoms with Gasteiger partial charge in [0.25, 0.3) is 0 Å². The maximum atomic E-state index is 6.08. The first-order valence-electron chi connectivity index (χ1n) is 4.50. The summed E-state index contributed by atoms with van der Waals surface area (Å²) in [6.45, 7) is 1.95. The smallest absolute Gasteiger partial charge is 0.227 e. The Morgan fingerprint density at radius 1 is 1.12 bits per heavy atom. The van der Waals surface area contributed by atoms with E-state index in [1.807, 2.05) is 25.1 Å². The molecule has 0 aliphatic rings. The Morgan fingerprint density at radius 3 is 2.50 bits per heavy atom. The largest absolute Gasteiger partial charge is 0.368 e. The number of aromatic nitrogens is 3. The minimum Gasteiger partial charge on any atom is -0.368 e. The molecule has 16 heavy (non-hydrogen) atoms. The SMILES string of the molecule is Cc1ccc(-c2nc(N)nc(Cl)n2)c(Cl)c1. The first kappa shape index (κ1) is 11.1. The van der Waals surface area contributed by atoms with Gasteiger partial charge < -0.3 is 5.73 Å². The van der Waals surface area contributed by atoms with E-state index in [1.54, 1.807) is 0 Å². The summed E-state index contributed by atoms with van der Waals surface area (Å²) in [6.07, 6.45) is 0. The fraction of sp³-hybridized carbons (Fsp3) is 0.100. The van der Waals surface area contributed by atoms with Gasteiger partial charge in [0, 0.05) is 5.56 Å². The average molecular weight is 255 g/mol. The van der Waals surface area contributed by atoms with E-state index >= 15 is 0 Å². The number of benzene rings is 1. The Kier molecular flexibility index (Phi) is 2.94. The zero-order valence-corrected chi connectivity index (χ0v) is 9.92. The zero-order chi connectivity index (χ0) is 11.7. The van der Waals surface area contributed by atoms with Gasteiger partial charge in [-0.1, -0.05) is 17.7 Å². The molecule has 0 radical (unpaired) electrons. The lowest BCUT2D eigenvalue weighted by Crippen LogP contribution is -2.00. The summed E-state index contributed by atoms with van der Waals surface area (Å²) < 4.78 is 0. The van der Waals surface area contributed by atoms with Gasteiger partial charge in [-0.25, -0.2) is 0 Å². The van der Waals surface area contributed by atoms with Crippen molar-refractivity contribution in [3.05, 3.63) is 34.1 Å². The fourth-order valence-corrected chi connectivity index (χ4v) is 1.77. The van der Waals surface area contributed by atoms with Crippen LogP contribution in [0.1, 0.15) is 5.56 Å². The first-order chi connectivity index (χ1) is 7.56. The van der Waals surface area contributed by atoms with Crippen molar-refractivity contribution in [1.82, 2.24) is 15.0 Å². The summed E-state index contributed by atoms with van der Waals surface area (Å²) in [6, 6.07) is 5.56. The summed E-state index contributed by atoms with van der Waals surface area (Å²) in [5, 5.41) is 0.612. The molecule has 82 valence electrons. The van der Waals surface area contributed by atoms with Crippen LogP contribution in [0, 0.1) is 6.92 Å². The van der Waals surface area contributed by atoms with Crippen molar-refractivity contribution in [3.8, 4) is 11.4 Å². The van der Waals surface area contributed by atoms with E-state index in [-0.39, 0.29) is 11.2 Å². The van der Waals surface area contributed by atoms with Crippen LogP contribution in [0.3, 0.4) is 0 Å². The van der Waals surface area contributed by atoms with Gasteiger partial charge in [-0.3, -0.25) is 0 Å². The zero-order valence-electron chi connectivity index (χ0n) is 8.41. The van der Waals surface area contributed by atoms with Gasteiger partial charge in [0.05, 0.1) is 5.02 Å². The third-order valence-corrected chi connectivity index (χ3v) is 2.47. The topological polar surface area (TPSA) is 64.7 Å². The van der Waals surface area contributed by atoms with Gasteiger partial charge in [-0.15, -0.1) is 0 Å². The molecule has 4 nitrogen and oxygen atoms in total. The number of nitrogens with two attached hydrogens (primary N) is 1.